The molecule has 0 bridgehead atoms. The van der Waals surface area contributed by atoms with Crippen molar-refractivity contribution < 1.29 is 9.21 Å². The van der Waals surface area contributed by atoms with Crippen LogP contribution in [0, 0.1) is 0 Å². The molecular weight excluding hydrogens is 407 g/mol. The highest BCUT2D eigenvalue weighted by atomic mass is 35.5. The van der Waals surface area contributed by atoms with Crippen molar-refractivity contribution in [3.8, 4) is 11.3 Å². The average molecular weight is 429 g/mol. The number of carbonyl (C=O) groups is 1. The molecule has 0 fully saturated rings. The fourth-order valence-corrected chi connectivity index (χ4v) is 4.35. The molecule has 0 saturated carbocycles. The Labute approximate surface area is 180 Å². The Kier molecular flexibility index (Phi) is 6.22. The number of oxazole rings is 1. The van der Waals surface area contributed by atoms with E-state index in [1.54, 1.807) is 24.4 Å². The molecule has 1 atom stereocenters. The van der Waals surface area contributed by atoms with Gasteiger partial charge in [-0.15, -0.1) is 0 Å². The summed E-state index contributed by atoms with van der Waals surface area (Å²) in [6.45, 7) is 0.674. The van der Waals surface area contributed by atoms with Crippen molar-refractivity contribution >= 4 is 29.1 Å². The van der Waals surface area contributed by atoms with Gasteiger partial charge in [0.2, 0.25) is 5.91 Å². The van der Waals surface area contributed by atoms with Gasteiger partial charge in [-0.2, -0.15) is 0 Å². The predicted octanol–water partition coefficient (Wildman–Crippen LogP) is 5.82. The van der Waals surface area contributed by atoms with E-state index in [4.69, 9.17) is 27.6 Å². The molecule has 0 radical (unpaired) electrons. The first-order valence-electron chi connectivity index (χ1n) is 9.85. The van der Waals surface area contributed by atoms with Crippen molar-refractivity contribution in [1.29, 1.82) is 0 Å². The second-order valence-electron chi connectivity index (χ2n) is 7.33. The van der Waals surface area contributed by atoms with Gasteiger partial charge >= 0.3 is 0 Å². The SMILES string of the molecule is O=C(CCc1ncc(-c2ccc(Cl)cc2Cl)o1)NCC1CCCc2ccccc21. The van der Waals surface area contributed by atoms with E-state index < -0.39 is 0 Å². The van der Waals surface area contributed by atoms with Gasteiger partial charge < -0.3 is 9.73 Å². The second-order valence-corrected chi connectivity index (χ2v) is 8.18. The molecule has 6 heteroatoms. The van der Waals surface area contributed by atoms with Crippen molar-refractivity contribution in [3.05, 3.63) is 75.7 Å². The molecule has 1 aromatic heterocycles. The number of carbonyl (C=O) groups excluding carboxylic acids is 1. The van der Waals surface area contributed by atoms with Crippen LogP contribution in [-0.4, -0.2) is 17.4 Å². The zero-order valence-electron chi connectivity index (χ0n) is 16.0. The van der Waals surface area contributed by atoms with Crippen LogP contribution in [0.2, 0.25) is 10.0 Å². The Bertz CT molecular complexity index is 1020. The molecule has 0 aliphatic heterocycles. The lowest BCUT2D eigenvalue weighted by Crippen LogP contribution is -2.30. The van der Waals surface area contributed by atoms with Crippen LogP contribution < -0.4 is 5.32 Å². The molecule has 0 spiro atoms. The van der Waals surface area contributed by atoms with Gasteiger partial charge in [0.25, 0.3) is 0 Å². The Morgan fingerprint density at radius 2 is 2.07 bits per heavy atom. The number of halogens is 2. The summed E-state index contributed by atoms with van der Waals surface area (Å²) in [4.78, 5) is 16.6. The molecule has 4 rings (SSSR count). The fraction of sp³-hybridized carbons (Fsp3) is 0.304. The van der Waals surface area contributed by atoms with Crippen molar-refractivity contribution in [2.24, 2.45) is 0 Å². The van der Waals surface area contributed by atoms with Crippen LogP contribution in [0.15, 0.2) is 53.1 Å². The highest BCUT2D eigenvalue weighted by Crippen LogP contribution is 2.32. The zero-order chi connectivity index (χ0) is 20.2. The van der Waals surface area contributed by atoms with E-state index in [2.05, 4.69) is 34.6 Å². The summed E-state index contributed by atoms with van der Waals surface area (Å²) in [6.07, 6.45) is 5.82. The summed E-state index contributed by atoms with van der Waals surface area (Å²) in [7, 11) is 0. The maximum absolute atomic E-state index is 12.3. The van der Waals surface area contributed by atoms with E-state index in [0.717, 1.165) is 18.4 Å². The van der Waals surface area contributed by atoms with Gasteiger partial charge in [-0.05, 0) is 48.6 Å². The van der Waals surface area contributed by atoms with Crippen molar-refractivity contribution in [1.82, 2.24) is 10.3 Å². The van der Waals surface area contributed by atoms with Crippen molar-refractivity contribution in [2.75, 3.05) is 6.54 Å². The molecule has 1 aliphatic rings. The highest BCUT2D eigenvalue weighted by Gasteiger charge is 2.20. The summed E-state index contributed by atoms with van der Waals surface area (Å²) in [6, 6.07) is 13.7. The Balaban J connectivity index is 1.30. The lowest BCUT2D eigenvalue weighted by Gasteiger charge is -2.25. The van der Waals surface area contributed by atoms with Crippen LogP contribution in [0.3, 0.4) is 0 Å². The highest BCUT2D eigenvalue weighted by molar-refractivity contribution is 6.36. The predicted molar refractivity (Wildman–Crippen MR) is 115 cm³/mol. The largest absolute Gasteiger partial charge is 0.441 e. The number of aryl methyl sites for hydroxylation is 2. The third-order valence-electron chi connectivity index (χ3n) is 5.36. The molecule has 4 nitrogen and oxygen atoms in total. The Morgan fingerprint density at radius 1 is 1.21 bits per heavy atom. The first-order valence-corrected chi connectivity index (χ1v) is 10.6. The minimum atomic E-state index is 0.0114. The average Bonchev–Trinajstić information content (AvgIpc) is 3.19. The van der Waals surface area contributed by atoms with E-state index in [9.17, 15) is 4.79 Å². The molecule has 3 aromatic rings. The monoisotopic (exact) mass is 428 g/mol. The lowest BCUT2D eigenvalue weighted by atomic mass is 9.83. The Hall–Kier alpha value is -2.30. The molecule has 29 heavy (non-hydrogen) atoms. The lowest BCUT2D eigenvalue weighted by molar-refractivity contribution is -0.121. The number of aromatic nitrogens is 1. The van der Waals surface area contributed by atoms with E-state index in [1.165, 1.54) is 17.5 Å². The smallest absolute Gasteiger partial charge is 0.220 e. The fourth-order valence-electron chi connectivity index (χ4n) is 3.85. The quantitative estimate of drug-likeness (QED) is 0.538. The molecule has 150 valence electrons. The zero-order valence-corrected chi connectivity index (χ0v) is 17.5. The van der Waals surface area contributed by atoms with Gasteiger partial charge in [0.15, 0.2) is 11.7 Å². The number of fused-ring (bicyclic) bond motifs is 1. The third kappa shape index (κ3) is 4.82. The molecule has 1 N–H and O–H groups in total. The summed E-state index contributed by atoms with van der Waals surface area (Å²) in [5, 5.41) is 4.14. The van der Waals surface area contributed by atoms with E-state index in [-0.39, 0.29) is 5.91 Å². The van der Waals surface area contributed by atoms with Gasteiger partial charge in [0.05, 0.1) is 11.2 Å². The van der Waals surface area contributed by atoms with Crippen molar-refractivity contribution in [3.63, 3.8) is 0 Å². The van der Waals surface area contributed by atoms with Gasteiger partial charge in [-0.25, -0.2) is 4.98 Å². The van der Waals surface area contributed by atoms with Crippen LogP contribution in [0.4, 0.5) is 0 Å². The number of hydrogen-bond acceptors (Lipinski definition) is 3. The molecular formula is C23H22Cl2N2O2. The summed E-state index contributed by atoms with van der Waals surface area (Å²) in [5.74, 6) is 1.49. The van der Waals surface area contributed by atoms with E-state index >= 15 is 0 Å². The number of amides is 1. The van der Waals surface area contributed by atoms with Crippen LogP contribution in [-0.2, 0) is 17.6 Å². The normalized spacial score (nSPS) is 15.7. The molecule has 1 aliphatic carbocycles. The Morgan fingerprint density at radius 3 is 2.93 bits per heavy atom. The van der Waals surface area contributed by atoms with Gasteiger partial charge in [0.1, 0.15) is 0 Å². The molecule has 1 unspecified atom stereocenters. The summed E-state index contributed by atoms with van der Waals surface area (Å²) < 4.78 is 5.76. The maximum Gasteiger partial charge on any atom is 0.220 e. The van der Waals surface area contributed by atoms with E-state index in [0.29, 0.717) is 47.0 Å². The minimum absolute atomic E-state index is 0.0114. The van der Waals surface area contributed by atoms with Gasteiger partial charge in [-0.3, -0.25) is 4.79 Å². The van der Waals surface area contributed by atoms with Crippen LogP contribution in [0.1, 0.15) is 42.2 Å². The second kappa shape index (κ2) is 9.02. The minimum Gasteiger partial charge on any atom is -0.441 e. The van der Waals surface area contributed by atoms with Gasteiger partial charge in [-0.1, -0.05) is 47.5 Å². The van der Waals surface area contributed by atoms with Crippen LogP contribution in [0.5, 0.6) is 0 Å². The number of rotatable bonds is 6. The number of benzene rings is 2. The van der Waals surface area contributed by atoms with Gasteiger partial charge in [0, 0.05) is 35.9 Å². The summed E-state index contributed by atoms with van der Waals surface area (Å²) in [5.41, 5.74) is 3.51. The first kappa shape index (κ1) is 20.0. The van der Waals surface area contributed by atoms with E-state index in [1.807, 2.05) is 0 Å². The maximum atomic E-state index is 12.3. The van der Waals surface area contributed by atoms with Crippen LogP contribution in [0.25, 0.3) is 11.3 Å². The molecule has 1 amide bonds. The summed E-state index contributed by atoms with van der Waals surface area (Å²) >= 11 is 12.1. The first-order chi connectivity index (χ1) is 14.1. The molecule has 1 heterocycles. The third-order valence-corrected chi connectivity index (χ3v) is 5.90. The number of nitrogens with zero attached hydrogens (tertiary/aromatic N) is 1. The topological polar surface area (TPSA) is 55.1 Å². The molecule has 0 saturated heterocycles. The van der Waals surface area contributed by atoms with Crippen LogP contribution >= 0.6 is 23.2 Å². The number of hydrogen-bond donors (Lipinski definition) is 1. The van der Waals surface area contributed by atoms with Crippen molar-refractivity contribution in [2.45, 2.75) is 38.0 Å². The molecule has 2 aromatic carbocycles. The number of nitrogens with one attached hydrogen (secondary N) is 1. The standard InChI is InChI=1S/C23H22Cl2N2O2/c24-17-8-9-19(20(25)12-17)21-14-27-23(29-21)11-10-22(28)26-13-16-6-3-5-15-4-1-2-7-18(15)16/h1-2,4,7-9,12,14,16H,3,5-6,10-11,13H2,(H,26,28).